The van der Waals surface area contributed by atoms with Crippen LogP contribution in [0.15, 0.2) is 36.4 Å². The van der Waals surface area contributed by atoms with Gasteiger partial charge in [0, 0.05) is 25.2 Å². The van der Waals surface area contributed by atoms with Crippen LogP contribution in [0.5, 0.6) is 5.75 Å². The Balaban J connectivity index is 0.000000383. The van der Waals surface area contributed by atoms with E-state index >= 15 is 0 Å². The number of benzene rings is 1. The zero-order valence-corrected chi connectivity index (χ0v) is 17.8. The molecule has 0 aromatic heterocycles. The number of carboxylic acids is 1. The molecule has 4 rings (SSSR count). The molecule has 2 amide bonds. The molecule has 2 atom stereocenters. The van der Waals surface area contributed by atoms with E-state index in [0.717, 1.165) is 19.3 Å². The van der Waals surface area contributed by atoms with E-state index < -0.39 is 12.1 Å². The van der Waals surface area contributed by atoms with Crippen LogP contribution in [-0.2, 0) is 9.59 Å². The molecule has 4 N–H and O–H groups in total. The van der Waals surface area contributed by atoms with Crippen LogP contribution in [0, 0.1) is 5.41 Å². The van der Waals surface area contributed by atoms with Crippen molar-refractivity contribution < 1.29 is 37.4 Å². The molecule has 1 aromatic rings. The summed E-state index contributed by atoms with van der Waals surface area (Å²) in [4.78, 5) is 34.5. The lowest BCUT2D eigenvalue weighted by Gasteiger charge is -2.41. The molecular weight excluding hydrogens is 443 g/mol. The molecule has 0 radical (unpaired) electrons. The van der Waals surface area contributed by atoms with Crippen LogP contribution in [0.2, 0.25) is 0 Å². The van der Waals surface area contributed by atoms with Crippen LogP contribution in [0.3, 0.4) is 0 Å². The van der Waals surface area contributed by atoms with Crippen LogP contribution in [0.4, 0.5) is 13.2 Å². The van der Waals surface area contributed by atoms with Gasteiger partial charge in [0.25, 0.3) is 5.91 Å². The number of halogens is 3. The van der Waals surface area contributed by atoms with Gasteiger partial charge in [0.2, 0.25) is 5.91 Å². The van der Waals surface area contributed by atoms with E-state index in [0.29, 0.717) is 37.4 Å². The Labute approximate surface area is 188 Å². The molecule has 1 aliphatic carbocycles. The van der Waals surface area contributed by atoms with Gasteiger partial charge in [-0.25, -0.2) is 4.79 Å². The van der Waals surface area contributed by atoms with Crippen molar-refractivity contribution in [3.05, 3.63) is 42.0 Å². The van der Waals surface area contributed by atoms with Crippen molar-refractivity contribution in [3.8, 4) is 5.75 Å². The summed E-state index contributed by atoms with van der Waals surface area (Å²) in [5.41, 5.74) is 0.157. The number of aliphatic carboxylic acids is 1. The second-order valence-electron chi connectivity index (χ2n) is 8.26. The predicted molar refractivity (Wildman–Crippen MR) is 112 cm³/mol. The maximum Gasteiger partial charge on any atom is 0.490 e. The van der Waals surface area contributed by atoms with E-state index in [1.807, 2.05) is 30.4 Å². The van der Waals surface area contributed by atoms with Crippen LogP contribution in [0.25, 0.3) is 0 Å². The highest BCUT2D eigenvalue weighted by molar-refractivity contribution is 5.97. The number of ether oxygens (including phenoxy) is 1. The Morgan fingerprint density at radius 2 is 1.70 bits per heavy atom. The van der Waals surface area contributed by atoms with Crippen molar-refractivity contribution in [3.63, 3.8) is 0 Å². The fraction of sp³-hybridized carbons (Fsp3) is 0.500. The van der Waals surface area contributed by atoms with Gasteiger partial charge in [-0.3, -0.25) is 9.59 Å². The number of amides is 2. The third-order valence-corrected chi connectivity index (χ3v) is 5.94. The average Bonchev–Trinajstić information content (AvgIpc) is 3.15. The highest BCUT2D eigenvalue weighted by Crippen LogP contribution is 2.30. The van der Waals surface area contributed by atoms with Crippen molar-refractivity contribution in [1.82, 2.24) is 16.0 Å². The summed E-state index contributed by atoms with van der Waals surface area (Å²) < 4.78 is 37.5. The first kappa shape index (κ1) is 24.6. The van der Waals surface area contributed by atoms with Gasteiger partial charge in [0.05, 0.1) is 11.0 Å². The van der Waals surface area contributed by atoms with Gasteiger partial charge in [-0.1, -0.05) is 24.3 Å². The van der Waals surface area contributed by atoms with Crippen molar-refractivity contribution in [2.75, 3.05) is 19.7 Å². The van der Waals surface area contributed by atoms with Gasteiger partial charge >= 0.3 is 12.1 Å². The van der Waals surface area contributed by atoms with E-state index in [1.165, 1.54) is 0 Å². The molecule has 1 aromatic carbocycles. The molecule has 1 saturated heterocycles. The lowest BCUT2D eigenvalue weighted by Crippen LogP contribution is -2.63. The average molecular weight is 469 g/mol. The maximum atomic E-state index is 12.9. The van der Waals surface area contributed by atoms with E-state index in [9.17, 15) is 22.8 Å². The van der Waals surface area contributed by atoms with Gasteiger partial charge in [0.1, 0.15) is 12.4 Å². The Bertz CT molecular complexity index is 915. The lowest BCUT2D eigenvalue weighted by molar-refractivity contribution is -0.192. The Morgan fingerprint density at radius 1 is 1.06 bits per heavy atom. The normalized spacial score (nSPS) is 25.4. The largest absolute Gasteiger partial charge is 0.490 e. The molecule has 180 valence electrons. The summed E-state index contributed by atoms with van der Waals surface area (Å²) in [6.45, 7) is 1.76. The van der Waals surface area contributed by atoms with E-state index in [1.54, 1.807) is 6.07 Å². The molecule has 3 aliphatic rings. The smallest absolute Gasteiger partial charge is 0.489 e. The standard InChI is InChI=1S/C20H25N3O3.C2HF3O2/c24-18-14-6-1-2-9-17(14)26-11-4-3-10-20(12-21-13-20)19(25)23-16-8-5-7-15(16)22-18;3-2(4,5)1(6)7/h1-4,6,9,15-16,21H,5,7-8,10-13H2,(H,22,24)(H,23,25);(H,6,7)/b4-3+;/t15-,16+;/m0./s1. The minimum Gasteiger partial charge on any atom is -0.489 e. The molecule has 2 aliphatic heterocycles. The van der Waals surface area contributed by atoms with Crippen LogP contribution in [-0.4, -0.2) is 60.8 Å². The molecule has 11 heteroatoms. The van der Waals surface area contributed by atoms with Gasteiger partial charge in [0.15, 0.2) is 0 Å². The summed E-state index contributed by atoms with van der Waals surface area (Å²) in [5, 5.41) is 16.7. The number of nitrogens with one attached hydrogen (secondary N) is 3. The highest BCUT2D eigenvalue weighted by Gasteiger charge is 2.45. The van der Waals surface area contributed by atoms with Crippen LogP contribution < -0.4 is 20.7 Å². The highest BCUT2D eigenvalue weighted by atomic mass is 19.4. The summed E-state index contributed by atoms with van der Waals surface area (Å²) >= 11 is 0. The molecule has 2 fully saturated rings. The maximum absolute atomic E-state index is 12.9. The number of fused-ring (bicyclic) bond motifs is 2. The first-order valence-corrected chi connectivity index (χ1v) is 10.6. The number of allylic oxidation sites excluding steroid dienone is 1. The Morgan fingerprint density at radius 3 is 2.30 bits per heavy atom. The van der Waals surface area contributed by atoms with Crippen molar-refractivity contribution in [2.45, 2.75) is 43.9 Å². The van der Waals surface area contributed by atoms with E-state index in [4.69, 9.17) is 14.6 Å². The molecular formula is C22H26F3N3O5. The topological polar surface area (TPSA) is 117 Å². The van der Waals surface area contributed by atoms with Gasteiger partial charge in [-0.2, -0.15) is 13.2 Å². The second kappa shape index (κ2) is 10.2. The zero-order chi connectivity index (χ0) is 24.1. The fourth-order valence-electron chi connectivity index (χ4n) is 3.99. The first-order chi connectivity index (χ1) is 15.6. The molecule has 8 nitrogen and oxygen atoms in total. The van der Waals surface area contributed by atoms with E-state index in [-0.39, 0.29) is 29.3 Å². The number of carbonyl (C=O) groups is 3. The SMILES string of the molecule is O=C(O)C(F)(F)F.O=C1N[C@H]2CCC[C@H]2NC(=O)C2(C/C=C/COc3ccccc31)CNC2. The van der Waals surface area contributed by atoms with Crippen LogP contribution >= 0.6 is 0 Å². The summed E-state index contributed by atoms with van der Waals surface area (Å²) in [5.74, 6) is -2.23. The zero-order valence-electron chi connectivity index (χ0n) is 17.8. The third kappa shape index (κ3) is 6.04. The molecule has 0 unspecified atom stereocenters. The molecule has 1 saturated carbocycles. The Kier molecular flexibility index (Phi) is 7.62. The number of hydrogen-bond donors (Lipinski definition) is 4. The molecule has 1 spiro atoms. The van der Waals surface area contributed by atoms with Gasteiger partial charge < -0.3 is 25.8 Å². The number of rotatable bonds is 0. The Hall–Kier alpha value is -3.08. The summed E-state index contributed by atoms with van der Waals surface area (Å²) in [6, 6.07) is 7.25. The quantitative estimate of drug-likeness (QED) is 0.432. The number of alkyl halides is 3. The third-order valence-electron chi connectivity index (χ3n) is 5.94. The van der Waals surface area contributed by atoms with Gasteiger partial charge in [-0.15, -0.1) is 0 Å². The van der Waals surface area contributed by atoms with Crippen molar-refractivity contribution in [1.29, 1.82) is 0 Å². The summed E-state index contributed by atoms with van der Waals surface area (Å²) in [7, 11) is 0. The number of carbonyl (C=O) groups excluding carboxylic acids is 2. The monoisotopic (exact) mass is 469 g/mol. The molecule has 0 bridgehead atoms. The number of carboxylic acid groups (broad SMARTS) is 1. The predicted octanol–water partition coefficient (Wildman–Crippen LogP) is 2.02. The van der Waals surface area contributed by atoms with Crippen molar-refractivity contribution in [2.24, 2.45) is 5.41 Å². The minimum atomic E-state index is -5.08. The molecule has 33 heavy (non-hydrogen) atoms. The lowest BCUT2D eigenvalue weighted by atomic mass is 9.77. The minimum absolute atomic E-state index is 0.0103. The van der Waals surface area contributed by atoms with Crippen molar-refractivity contribution >= 4 is 17.8 Å². The van der Waals surface area contributed by atoms with Crippen LogP contribution in [0.1, 0.15) is 36.0 Å². The van der Waals surface area contributed by atoms with E-state index in [2.05, 4.69) is 16.0 Å². The summed E-state index contributed by atoms with van der Waals surface area (Å²) in [6.07, 6.45) is 2.33. The fourth-order valence-corrected chi connectivity index (χ4v) is 3.99. The first-order valence-electron chi connectivity index (χ1n) is 10.6. The molecule has 2 heterocycles. The number of para-hydroxylation sites is 1. The van der Waals surface area contributed by atoms with Gasteiger partial charge in [-0.05, 0) is 37.8 Å². The second-order valence-corrected chi connectivity index (χ2v) is 8.26. The number of hydrogen-bond acceptors (Lipinski definition) is 5.